The van der Waals surface area contributed by atoms with E-state index in [2.05, 4.69) is 5.32 Å². The van der Waals surface area contributed by atoms with Crippen LogP contribution in [0.1, 0.15) is 12.8 Å². The van der Waals surface area contributed by atoms with Crippen molar-refractivity contribution in [3.8, 4) is 0 Å². The molecule has 2 fully saturated rings. The van der Waals surface area contributed by atoms with Gasteiger partial charge in [0.15, 0.2) is 9.84 Å². The summed E-state index contributed by atoms with van der Waals surface area (Å²) in [4.78, 5) is 0. The van der Waals surface area contributed by atoms with Gasteiger partial charge in [-0.1, -0.05) is 0 Å². The summed E-state index contributed by atoms with van der Waals surface area (Å²) >= 11 is 0. The van der Waals surface area contributed by atoms with Crippen LogP contribution in [0, 0.1) is 0 Å². The Bertz CT molecular complexity index is 310. The maximum Gasteiger partial charge on any atom is 0.154 e. The van der Waals surface area contributed by atoms with E-state index in [1.54, 1.807) is 0 Å². The number of aliphatic hydroxyl groups excluding tert-OH is 1. The van der Waals surface area contributed by atoms with Crippen LogP contribution >= 0.6 is 0 Å². The number of hydrogen-bond donors (Lipinski definition) is 2. The van der Waals surface area contributed by atoms with Crippen LogP contribution in [0.2, 0.25) is 0 Å². The first-order valence-electron chi connectivity index (χ1n) is 5.30. The fraction of sp³-hybridized carbons (Fsp3) is 1.00. The van der Waals surface area contributed by atoms with Crippen molar-refractivity contribution in [3.63, 3.8) is 0 Å². The molecule has 2 aliphatic rings. The van der Waals surface area contributed by atoms with Crippen LogP contribution in [0.4, 0.5) is 0 Å². The molecule has 6 heteroatoms. The smallest absolute Gasteiger partial charge is 0.154 e. The van der Waals surface area contributed by atoms with Crippen LogP contribution in [0.25, 0.3) is 0 Å². The maximum absolute atomic E-state index is 11.2. The van der Waals surface area contributed by atoms with E-state index in [0.29, 0.717) is 6.54 Å². The van der Waals surface area contributed by atoms with Crippen LogP contribution in [-0.2, 0) is 14.6 Å². The number of rotatable bonds is 3. The van der Waals surface area contributed by atoms with Gasteiger partial charge in [-0.15, -0.1) is 0 Å². The summed E-state index contributed by atoms with van der Waals surface area (Å²) in [5.41, 5.74) is 0. The minimum Gasteiger partial charge on any atom is -0.390 e. The van der Waals surface area contributed by atoms with Crippen molar-refractivity contribution < 1.29 is 18.3 Å². The van der Waals surface area contributed by atoms with Gasteiger partial charge in [-0.05, 0) is 12.8 Å². The van der Waals surface area contributed by atoms with Crippen molar-refractivity contribution in [3.05, 3.63) is 0 Å². The first-order chi connectivity index (χ1) is 7.07. The van der Waals surface area contributed by atoms with Crippen molar-refractivity contribution in [2.24, 2.45) is 0 Å². The van der Waals surface area contributed by atoms with E-state index in [-0.39, 0.29) is 23.7 Å². The van der Waals surface area contributed by atoms with Crippen LogP contribution in [0.15, 0.2) is 0 Å². The van der Waals surface area contributed by atoms with Gasteiger partial charge < -0.3 is 15.2 Å². The highest BCUT2D eigenvalue weighted by Crippen LogP contribution is 2.15. The Balaban J connectivity index is 1.79. The standard InChI is InChI=1S/C9H17NO4S/c11-9-6-15(12,13)5-8(9)10-4-7-2-1-3-14-7/h7-11H,1-6H2/t7?,8-,9-/m1/s1. The lowest BCUT2D eigenvalue weighted by Gasteiger charge is -2.17. The fourth-order valence-corrected chi connectivity index (χ4v) is 3.89. The molecule has 2 aliphatic heterocycles. The molecule has 0 aliphatic carbocycles. The fourth-order valence-electron chi connectivity index (χ4n) is 2.11. The SMILES string of the molecule is O=S1(=O)C[C@@H](O)[C@H](NCC2CCCO2)C1. The summed E-state index contributed by atoms with van der Waals surface area (Å²) in [6.07, 6.45) is 1.50. The summed E-state index contributed by atoms with van der Waals surface area (Å²) in [7, 11) is -3.04. The molecule has 0 aromatic rings. The molecule has 15 heavy (non-hydrogen) atoms. The predicted octanol–water partition coefficient (Wildman–Crippen LogP) is -1.09. The average molecular weight is 235 g/mol. The summed E-state index contributed by atoms with van der Waals surface area (Å²) in [6.45, 7) is 1.43. The van der Waals surface area contributed by atoms with Gasteiger partial charge >= 0.3 is 0 Å². The number of nitrogens with one attached hydrogen (secondary N) is 1. The van der Waals surface area contributed by atoms with E-state index in [9.17, 15) is 13.5 Å². The Morgan fingerprint density at radius 2 is 2.20 bits per heavy atom. The first kappa shape index (κ1) is 11.3. The Hall–Kier alpha value is -0.170. The molecule has 3 atom stereocenters. The second-order valence-electron chi connectivity index (χ2n) is 4.29. The van der Waals surface area contributed by atoms with Crippen LogP contribution < -0.4 is 5.32 Å². The highest BCUT2D eigenvalue weighted by atomic mass is 32.2. The predicted molar refractivity (Wildman–Crippen MR) is 55.4 cm³/mol. The molecule has 0 spiro atoms. The van der Waals surface area contributed by atoms with E-state index >= 15 is 0 Å². The number of sulfone groups is 1. The Labute approximate surface area is 89.7 Å². The monoisotopic (exact) mass is 235 g/mol. The Morgan fingerprint density at radius 1 is 1.40 bits per heavy atom. The van der Waals surface area contributed by atoms with Gasteiger partial charge in [0.05, 0.1) is 23.7 Å². The molecule has 88 valence electrons. The molecule has 0 aromatic heterocycles. The summed E-state index contributed by atoms with van der Waals surface area (Å²) in [6, 6.07) is -0.320. The van der Waals surface area contributed by atoms with Gasteiger partial charge in [0.25, 0.3) is 0 Å². The molecule has 0 radical (unpaired) electrons. The van der Waals surface area contributed by atoms with Crippen molar-refractivity contribution >= 4 is 9.84 Å². The quantitative estimate of drug-likeness (QED) is 0.650. The molecule has 2 N–H and O–H groups in total. The minimum absolute atomic E-state index is 0.0425. The van der Waals surface area contributed by atoms with Crippen LogP contribution in [0.3, 0.4) is 0 Å². The Morgan fingerprint density at radius 3 is 2.73 bits per heavy atom. The van der Waals surface area contributed by atoms with Gasteiger partial charge in [-0.25, -0.2) is 8.42 Å². The molecule has 2 saturated heterocycles. The number of aliphatic hydroxyl groups is 1. The number of ether oxygens (including phenoxy) is 1. The zero-order valence-corrected chi connectivity index (χ0v) is 9.37. The summed E-state index contributed by atoms with van der Waals surface area (Å²) < 4.78 is 27.8. The third kappa shape index (κ3) is 2.90. The third-order valence-electron chi connectivity index (χ3n) is 2.95. The summed E-state index contributed by atoms with van der Waals surface area (Å²) in [5, 5.41) is 12.6. The second-order valence-corrected chi connectivity index (χ2v) is 6.45. The second kappa shape index (κ2) is 4.37. The lowest BCUT2D eigenvalue weighted by atomic mass is 10.2. The topological polar surface area (TPSA) is 75.6 Å². The molecule has 2 heterocycles. The molecule has 0 bridgehead atoms. The molecule has 2 rings (SSSR count). The molecule has 0 amide bonds. The van der Waals surface area contributed by atoms with E-state index in [1.165, 1.54) is 0 Å². The normalized spacial score (nSPS) is 39.7. The molecule has 5 nitrogen and oxygen atoms in total. The van der Waals surface area contributed by atoms with Gasteiger partial charge in [0.2, 0.25) is 0 Å². The zero-order valence-electron chi connectivity index (χ0n) is 8.55. The van der Waals surface area contributed by atoms with E-state index in [1.807, 2.05) is 0 Å². The molecule has 0 aromatic carbocycles. The molecule has 1 unspecified atom stereocenters. The third-order valence-corrected chi connectivity index (χ3v) is 4.67. The molecular formula is C9H17NO4S. The van der Waals surface area contributed by atoms with Gasteiger partial charge in [0.1, 0.15) is 0 Å². The van der Waals surface area contributed by atoms with E-state index < -0.39 is 15.9 Å². The van der Waals surface area contributed by atoms with Crippen molar-refractivity contribution in [2.75, 3.05) is 24.7 Å². The van der Waals surface area contributed by atoms with E-state index in [0.717, 1.165) is 19.4 Å². The van der Waals surface area contributed by atoms with Crippen molar-refractivity contribution in [1.82, 2.24) is 5.32 Å². The molecule has 0 saturated carbocycles. The van der Waals surface area contributed by atoms with Gasteiger partial charge in [0, 0.05) is 19.2 Å². The highest BCUT2D eigenvalue weighted by molar-refractivity contribution is 7.91. The maximum atomic E-state index is 11.2. The van der Waals surface area contributed by atoms with E-state index in [4.69, 9.17) is 4.74 Å². The largest absolute Gasteiger partial charge is 0.390 e. The summed E-state index contributed by atoms with van der Waals surface area (Å²) in [5.74, 6) is -0.0723. The first-order valence-corrected chi connectivity index (χ1v) is 7.12. The highest BCUT2D eigenvalue weighted by Gasteiger charge is 2.36. The average Bonchev–Trinajstić information content (AvgIpc) is 2.70. The lowest BCUT2D eigenvalue weighted by molar-refractivity contribution is 0.0983. The van der Waals surface area contributed by atoms with Gasteiger partial charge in [-0.2, -0.15) is 0 Å². The van der Waals surface area contributed by atoms with Crippen molar-refractivity contribution in [2.45, 2.75) is 31.1 Å². The Kier molecular flexibility index (Phi) is 3.30. The van der Waals surface area contributed by atoms with Crippen molar-refractivity contribution in [1.29, 1.82) is 0 Å². The van der Waals surface area contributed by atoms with Crippen LogP contribution in [-0.4, -0.2) is 56.4 Å². The van der Waals surface area contributed by atoms with Crippen LogP contribution in [0.5, 0.6) is 0 Å². The lowest BCUT2D eigenvalue weighted by Crippen LogP contribution is -2.42. The number of hydrogen-bond acceptors (Lipinski definition) is 5. The molecular weight excluding hydrogens is 218 g/mol. The minimum atomic E-state index is -3.04. The zero-order chi connectivity index (χ0) is 10.9. The van der Waals surface area contributed by atoms with Gasteiger partial charge in [-0.3, -0.25) is 0 Å².